The molecule has 0 aliphatic rings. The number of carbonyl (C=O) groups excluding carboxylic acids is 1. The van der Waals surface area contributed by atoms with Gasteiger partial charge in [-0.25, -0.2) is 0 Å². The summed E-state index contributed by atoms with van der Waals surface area (Å²) in [4.78, 5) is 10.6. The van der Waals surface area contributed by atoms with Gasteiger partial charge in [0.1, 0.15) is 5.75 Å². The molecule has 58 valence electrons. The average Bonchev–Trinajstić information content (AvgIpc) is 1.94. The highest BCUT2D eigenvalue weighted by atomic mass is 16.3. The van der Waals surface area contributed by atoms with Gasteiger partial charge in [-0.15, -0.1) is 0 Å². The molecule has 1 aromatic rings. The predicted octanol–water partition coefficient (Wildman–Crippen LogP) is 0.0733. The molecule has 11 heavy (non-hydrogen) atoms. The summed E-state index contributed by atoms with van der Waals surface area (Å²) in [5.74, 6) is -0.832. The second-order valence-corrected chi connectivity index (χ2v) is 2.14. The lowest BCUT2D eigenvalue weighted by molar-refractivity contribution is 0.0998. The molecule has 4 nitrogen and oxygen atoms in total. The number of hydrogen-bond acceptors (Lipinski definition) is 3. The lowest BCUT2D eigenvalue weighted by Crippen LogP contribution is -2.11. The number of phenols is 1. The number of nitrogens with two attached hydrogens (primary N) is 2. The maximum atomic E-state index is 10.6. The number of amides is 1. The zero-order valence-electron chi connectivity index (χ0n) is 5.74. The van der Waals surface area contributed by atoms with Crippen molar-refractivity contribution in [2.24, 2.45) is 5.73 Å². The lowest BCUT2D eigenvalue weighted by Gasteiger charge is -1.99. The number of carbonyl (C=O) groups is 1. The van der Waals surface area contributed by atoms with Crippen LogP contribution < -0.4 is 11.5 Å². The fourth-order valence-electron chi connectivity index (χ4n) is 0.751. The minimum atomic E-state index is -0.685. The molecule has 0 atom stereocenters. The number of anilines is 1. The van der Waals surface area contributed by atoms with Gasteiger partial charge < -0.3 is 16.6 Å². The summed E-state index contributed by atoms with van der Waals surface area (Å²) in [6.45, 7) is 0. The molecule has 0 aliphatic heterocycles. The number of hydrogen-bond donors (Lipinski definition) is 3. The maximum absolute atomic E-state index is 10.6. The van der Waals surface area contributed by atoms with E-state index in [0.717, 1.165) is 0 Å². The third-order valence-electron chi connectivity index (χ3n) is 1.29. The molecule has 0 unspecified atom stereocenters. The molecule has 0 heterocycles. The molecular formula is C7H8N2O2. The Bertz CT molecular complexity index is 296. The summed E-state index contributed by atoms with van der Waals surface area (Å²) >= 11 is 0. The van der Waals surface area contributed by atoms with Gasteiger partial charge in [0.15, 0.2) is 0 Å². The zero-order chi connectivity index (χ0) is 8.43. The van der Waals surface area contributed by atoms with Gasteiger partial charge in [0.25, 0.3) is 5.91 Å². The van der Waals surface area contributed by atoms with Crippen LogP contribution in [0, 0.1) is 0 Å². The average molecular weight is 152 g/mol. The van der Waals surface area contributed by atoms with Crippen molar-refractivity contribution in [1.29, 1.82) is 0 Å². The van der Waals surface area contributed by atoms with Crippen LogP contribution in [0.2, 0.25) is 0 Å². The van der Waals surface area contributed by atoms with E-state index in [1.807, 2.05) is 0 Å². The van der Waals surface area contributed by atoms with Crippen LogP contribution in [0.3, 0.4) is 0 Å². The number of primary amides is 1. The fraction of sp³-hybridized carbons (Fsp3) is 0. The first-order valence-corrected chi connectivity index (χ1v) is 2.99. The van der Waals surface area contributed by atoms with Crippen molar-refractivity contribution in [3.63, 3.8) is 0 Å². The van der Waals surface area contributed by atoms with Crippen molar-refractivity contribution in [1.82, 2.24) is 0 Å². The third kappa shape index (κ3) is 1.40. The summed E-state index contributed by atoms with van der Waals surface area (Å²) in [7, 11) is 0. The highest BCUT2D eigenvalue weighted by Gasteiger charge is 2.05. The second-order valence-electron chi connectivity index (χ2n) is 2.14. The van der Waals surface area contributed by atoms with Crippen molar-refractivity contribution in [2.75, 3.05) is 5.73 Å². The van der Waals surface area contributed by atoms with Gasteiger partial charge >= 0.3 is 0 Å². The molecule has 1 amide bonds. The van der Waals surface area contributed by atoms with Gasteiger partial charge in [0, 0.05) is 5.69 Å². The maximum Gasteiger partial charge on any atom is 0.252 e. The van der Waals surface area contributed by atoms with E-state index in [0.29, 0.717) is 5.69 Å². The quantitative estimate of drug-likeness (QED) is 0.393. The summed E-state index contributed by atoms with van der Waals surface area (Å²) < 4.78 is 0. The van der Waals surface area contributed by atoms with E-state index in [1.54, 1.807) is 0 Å². The third-order valence-corrected chi connectivity index (χ3v) is 1.29. The molecule has 5 N–H and O–H groups in total. The second kappa shape index (κ2) is 2.49. The highest BCUT2D eigenvalue weighted by molar-refractivity contribution is 5.96. The van der Waals surface area contributed by atoms with Crippen LogP contribution in [-0.2, 0) is 0 Å². The van der Waals surface area contributed by atoms with Gasteiger partial charge in [0.05, 0.1) is 5.56 Å². The molecule has 4 heteroatoms. The fourth-order valence-corrected chi connectivity index (χ4v) is 0.751. The molecular weight excluding hydrogens is 144 g/mol. The summed E-state index contributed by atoms with van der Waals surface area (Å²) in [6.07, 6.45) is 0. The number of nitrogen functional groups attached to an aromatic ring is 1. The number of aromatic hydroxyl groups is 1. The number of rotatable bonds is 1. The largest absolute Gasteiger partial charge is 0.507 e. The normalized spacial score (nSPS) is 9.45. The van der Waals surface area contributed by atoms with Crippen molar-refractivity contribution >= 4 is 11.6 Å². The molecule has 0 spiro atoms. The Morgan fingerprint density at radius 3 is 2.55 bits per heavy atom. The zero-order valence-corrected chi connectivity index (χ0v) is 5.74. The smallest absolute Gasteiger partial charge is 0.252 e. The van der Waals surface area contributed by atoms with E-state index in [4.69, 9.17) is 16.6 Å². The van der Waals surface area contributed by atoms with Crippen molar-refractivity contribution in [2.45, 2.75) is 0 Å². The van der Waals surface area contributed by atoms with E-state index < -0.39 is 5.91 Å². The Kier molecular flexibility index (Phi) is 1.68. The number of benzene rings is 1. The van der Waals surface area contributed by atoms with Crippen LogP contribution in [0.25, 0.3) is 0 Å². The first-order chi connectivity index (χ1) is 5.11. The minimum absolute atomic E-state index is 0.0463. The van der Waals surface area contributed by atoms with E-state index in [1.165, 1.54) is 18.2 Å². The molecule has 0 aliphatic carbocycles. The lowest BCUT2D eigenvalue weighted by atomic mass is 10.2. The molecule has 0 bridgehead atoms. The molecule has 1 rings (SSSR count). The minimum Gasteiger partial charge on any atom is -0.507 e. The molecule has 0 saturated heterocycles. The van der Waals surface area contributed by atoms with E-state index in [9.17, 15) is 4.79 Å². The monoisotopic (exact) mass is 152 g/mol. The van der Waals surface area contributed by atoms with Crippen molar-refractivity contribution < 1.29 is 9.90 Å². The molecule has 0 aromatic heterocycles. The van der Waals surface area contributed by atoms with Crippen LogP contribution in [0.4, 0.5) is 5.69 Å². The van der Waals surface area contributed by atoms with Crippen LogP contribution in [0.5, 0.6) is 5.75 Å². The first kappa shape index (κ1) is 7.40. The van der Waals surface area contributed by atoms with Crippen LogP contribution in [-0.4, -0.2) is 11.0 Å². The summed E-state index contributed by atoms with van der Waals surface area (Å²) in [5, 5.41) is 9.05. The first-order valence-electron chi connectivity index (χ1n) is 2.99. The van der Waals surface area contributed by atoms with Crippen LogP contribution in [0.15, 0.2) is 18.2 Å². The Morgan fingerprint density at radius 2 is 2.09 bits per heavy atom. The summed E-state index contributed by atoms with van der Waals surface area (Å²) in [5.41, 5.74) is 10.7. The summed E-state index contributed by atoms with van der Waals surface area (Å²) in [6, 6.07) is 4.15. The predicted molar refractivity (Wildman–Crippen MR) is 41.0 cm³/mol. The Labute approximate surface area is 63.4 Å². The van der Waals surface area contributed by atoms with Crippen LogP contribution in [0.1, 0.15) is 10.4 Å². The van der Waals surface area contributed by atoms with E-state index >= 15 is 0 Å². The highest BCUT2D eigenvalue weighted by Crippen LogP contribution is 2.18. The molecule has 1 aromatic carbocycles. The topological polar surface area (TPSA) is 89.3 Å². The van der Waals surface area contributed by atoms with Gasteiger partial charge in [0.2, 0.25) is 0 Å². The standard InChI is InChI=1S/C7H8N2O2/c8-4-1-2-6(10)5(3-4)7(9)11/h1-3,10H,8H2,(H2,9,11). The Morgan fingerprint density at radius 1 is 1.45 bits per heavy atom. The van der Waals surface area contributed by atoms with Gasteiger partial charge in [-0.3, -0.25) is 4.79 Å². The van der Waals surface area contributed by atoms with Crippen molar-refractivity contribution in [3.05, 3.63) is 23.8 Å². The van der Waals surface area contributed by atoms with Crippen molar-refractivity contribution in [3.8, 4) is 5.75 Å². The van der Waals surface area contributed by atoms with E-state index in [-0.39, 0.29) is 11.3 Å². The van der Waals surface area contributed by atoms with Gasteiger partial charge in [-0.2, -0.15) is 0 Å². The molecule has 0 saturated carbocycles. The molecule has 0 fully saturated rings. The SMILES string of the molecule is NC(=O)c1cc(N)ccc1O. The Hall–Kier alpha value is -1.71. The van der Waals surface area contributed by atoms with Crippen LogP contribution >= 0.6 is 0 Å². The van der Waals surface area contributed by atoms with E-state index in [2.05, 4.69) is 0 Å². The Balaban J connectivity index is 3.23. The van der Waals surface area contributed by atoms with Gasteiger partial charge in [-0.1, -0.05) is 0 Å². The molecule has 0 radical (unpaired) electrons. The van der Waals surface area contributed by atoms with Gasteiger partial charge in [-0.05, 0) is 18.2 Å².